The van der Waals surface area contributed by atoms with E-state index in [0.29, 0.717) is 25.9 Å². The lowest BCUT2D eigenvalue weighted by atomic mass is 10.1. The van der Waals surface area contributed by atoms with Gasteiger partial charge in [-0.15, -0.1) is 0 Å². The van der Waals surface area contributed by atoms with Gasteiger partial charge in [0.05, 0.1) is 0 Å². The summed E-state index contributed by atoms with van der Waals surface area (Å²) in [5.41, 5.74) is 5.48. The van der Waals surface area contributed by atoms with Crippen molar-refractivity contribution in [1.29, 1.82) is 0 Å². The van der Waals surface area contributed by atoms with Gasteiger partial charge in [0.1, 0.15) is 22.0 Å². The van der Waals surface area contributed by atoms with Crippen molar-refractivity contribution in [3.05, 3.63) is 17.1 Å². The molecule has 2 rings (SSSR count). The molecule has 0 spiro atoms. The van der Waals surface area contributed by atoms with E-state index in [1.807, 2.05) is 0 Å². The third-order valence-electron chi connectivity index (χ3n) is 3.52. The molecule has 1 aromatic heterocycles. The molecule has 0 atom stereocenters. The first-order valence-electron chi connectivity index (χ1n) is 6.34. The van der Waals surface area contributed by atoms with Crippen LogP contribution in [0.4, 0.5) is 0 Å². The molecular formula is C12H18N2O5S. The molecule has 0 amide bonds. The predicted octanol–water partition coefficient (Wildman–Crippen LogP) is 0.706. The van der Waals surface area contributed by atoms with Crippen LogP contribution in [0.5, 0.6) is 0 Å². The van der Waals surface area contributed by atoms with Crippen LogP contribution in [0.25, 0.3) is 0 Å². The van der Waals surface area contributed by atoms with Gasteiger partial charge < -0.3 is 15.3 Å². The van der Waals surface area contributed by atoms with E-state index in [1.54, 1.807) is 0 Å². The number of nitrogens with zero attached hydrogens (tertiary/aromatic N) is 1. The van der Waals surface area contributed by atoms with Crippen LogP contribution in [-0.2, 0) is 10.0 Å². The minimum Gasteiger partial charge on any atom is -0.478 e. The number of nitrogens with two attached hydrogens (primary N) is 1. The van der Waals surface area contributed by atoms with Gasteiger partial charge in [-0.25, -0.2) is 13.2 Å². The summed E-state index contributed by atoms with van der Waals surface area (Å²) >= 11 is 0. The van der Waals surface area contributed by atoms with Crippen LogP contribution in [0.2, 0.25) is 0 Å². The Kier molecular flexibility index (Phi) is 3.90. The summed E-state index contributed by atoms with van der Waals surface area (Å²) < 4.78 is 31.7. The third-order valence-corrected chi connectivity index (χ3v) is 5.57. The summed E-state index contributed by atoms with van der Waals surface area (Å²) in [4.78, 5) is 11.0. The molecule has 0 bridgehead atoms. The standard InChI is InChI=1S/C12H18N2O5S/c1-7-10(12(15)16)11(8(2)19-7)20(17,18)14-5-3-9(13)4-6-14/h9H,3-6,13H2,1-2H3,(H,15,16). The molecule has 1 aliphatic rings. The van der Waals surface area contributed by atoms with Crippen molar-refractivity contribution >= 4 is 16.0 Å². The van der Waals surface area contributed by atoms with Gasteiger partial charge in [0, 0.05) is 19.1 Å². The van der Waals surface area contributed by atoms with E-state index >= 15 is 0 Å². The monoisotopic (exact) mass is 302 g/mol. The number of sulfonamides is 1. The Labute approximate surface area is 117 Å². The maximum absolute atomic E-state index is 12.6. The number of hydrogen-bond donors (Lipinski definition) is 2. The van der Waals surface area contributed by atoms with Crippen molar-refractivity contribution in [3.63, 3.8) is 0 Å². The molecule has 1 saturated heterocycles. The molecule has 2 heterocycles. The molecule has 8 heteroatoms. The average molecular weight is 302 g/mol. The van der Waals surface area contributed by atoms with Crippen molar-refractivity contribution in [3.8, 4) is 0 Å². The summed E-state index contributed by atoms with van der Waals surface area (Å²) in [5.74, 6) is -1.09. The lowest BCUT2D eigenvalue weighted by Gasteiger charge is -2.29. The summed E-state index contributed by atoms with van der Waals surface area (Å²) in [6, 6.07) is -0.00687. The van der Waals surface area contributed by atoms with E-state index in [4.69, 9.17) is 10.2 Å². The van der Waals surface area contributed by atoms with Gasteiger partial charge in [-0.3, -0.25) is 0 Å². The van der Waals surface area contributed by atoms with Crippen molar-refractivity contribution in [2.24, 2.45) is 5.73 Å². The molecule has 112 valence electrons. The zero-order chi connectivity index (χ0) is 15.1. The Hall–Kier alpha value is -1.38. The summed E-state index contributed by atoms with van der Waals surface area (Å²) in [6.45, 7) is 3.50. The highest BCUT2D eigenvalue weighted by Gasteiger charge is 2.36. The molecule has 20 heavy (non-hydrogen) atoms. The van der Waals surface area contributed by atoms with Crippen LogP contribution in [0.15, 0.2) is 9.31 Å². The van der Waals surface area contributed by atoms with Crippen molar-refractivity contribution < 1.29 is 22.7 Å². The highest BCUT2D eigenvalue weighted by molar-refractivity contribution is 7.89. The maximum atomic E-state index is 12.6. The fraction of sp³-hybridized carbons (Fsp3) is 0.583. The predicted molar refractivity (Wildman–Crippen MR) is 71.1 cm³/mol. The minimum absolute atomic E-state index is 0.00687. The first-order chi connectivity index (χ1) is 9.25. The fourth-order valence-corrected chi connectivity index (χ4v) is 4.31. The van der Waals surface area contributed by atoms with E-state index < -0.39 is 16.0 Å². The number of piperidine rings is 1. The Morgan fingerprint density at radius 1 is 1.30 bits per heavy atom. The van der Waals surface area contributed by atoms with Crippen LogP contribution in [0.3, 0.4) is 0 Å². The molecule has 1 aliphatic heterocycles. The highest BCUT2D eigenvalue weighted by atomic mass is 32.2. The van der Waals surface area contributed by atoms with Crippen LogP contribution in [0, 0.1) is 13.8 Å². The normalized spacial score (nSPS) is 18.4. The largest absolute Gasteiger partial charge is 0.478 e. The van der Waals surface area contributed by atoms with Gasteiger partial charge in [-0.1, -0.05) is 0 Å². The highest BCUT2D eigenvalue weighted by Crippen LogP contribution is 2.30. The number of furan rings is 1. The molecule has 0 aromatic carbocycles. The summed E-state index contributed by atoms with van der Waals surface area (Å²) in [6.07, 6.45) is 1.13. The molecule has 0 unspecified atom stereocenters. The van der Waals surface area contributed by atoms with Crippen LogP contribution >= 0.6 is 0 Å². The Bertz CT molecular complexity index is 627. The number of carboxylic acids is 1. The number of carbonyl (C=O) groups is 1. The molecule has 1 fully saturated rings. The number of aromatic carboxylic acids is 1. The first kappa shape index (κ1) is 15.0. The summed E-state index contributed by atoms with van der Waals surface area (Å²) in [7, 11) is -3.87. The van der Waals surface area contributed by atoms with Crippen molar-refractivity contribution in [1.82, 2.24) is 4.31 Å². The van der Waals surface area contributed by atoms with Crippen molar-refractivity contribution in [2.45, 2.75) is 37.6 Å². The van der Waals surface area contributed by atoms with Crippen LogP contribution in [-0.4, -0.2) is 42.9 Å². The van der Waals surface area contributed by atoms with Gasteiger partial charge in [-0.05, 0) is 26.7 Å². The second-order valence-electron chi connectivity index (χ2n) is 4.97. The second kappa shape index (κ2) is 5.19. The molecule has 1 aromatic rings. The Balaban J connectivity index is 2.47. The third kappa shape index (κ3) is 2.46. The van der Waals surface area contributed by atoms with Gasteiger partial charge in [0.2, 0.25) is 10.0 Å². The number of rotatable bonds is 3. The maximum Gasteiger partial charge on any atom is 0.340 e. The molecule has 0 saturated carbocycles. The number of aryl methyl sites for hydroxylation is 2. The molecule has 0 radical (unpaired) electrons. The quantitative estimate of drug-likeness (QED) is 0.849. The topological polar surface area (TPSA) is 114 Å². The van der Waals surface area contributed by atoms with Gasteiger partial charge in [0.25, 0.3) is 0 Å². The SMILES string of the molecule is Cc1oc(C)c(S(=O)(=O)N2CCC(N)CC2)c1C(=O)O. The van der Waals surface area contributed by atoms with Gasteiger partial charge in [0.15, 0.2) is 0 Å². The molecule has 3 N–H and O–H groups in total. The number of carboxylic acid groups (broad SMARTS) is 1. The van der Waals surface area contributed by atoms with E-state index in [1.165, 1.54) is 18.2 Å². The Morgan fingerprint density at radius 2 is 1.85 bits per heavy atom. The lowest BCUT2D eigenvalue weighted by Crippen LogP contribution is -2.43. The van der Waals surface area contributed by atoms with E-state index in [2.05, 4.69) is 0 Å². The minimum atomic E-state index is -3.87. The summed E-state index contributed by atoms with van der Waals surface area (Å²) in [5, 5.41) is 9.20. The van der Waals surface area contributed by atoms with E-state index in [9.17, 15) is 18.3 Å². The van der Waals surface area contributed by atoms with Crippen molar-refractivity contribution in [2.75, 3.05) is 13.1 Å². The Morgan fingerprint density at radius 3 is 2.35 bits per heavy atom. The second-order valence-corrected chi connectivity index (χ2v) is 6.84. The number of hydrogen-bond acceptors (Lipinski definition) is 5. The average Bonchev–Trinajstić information content (AvgIpc) is 2.65. The first-order valence-corrected chi connectivity index (χ1v) is 7.78. The fourth-order valence-electron chi connectivity index (χ4n) is 2.47. The van der Waals surface area contributed by atoms with E-state index in [0.717, 1.165) is 0 Å². The van der Waals surface area contributed by atoms with Gasteiger partial charge in [-0.2, -0.15) is 4.31 Å². The molecular weight excluding hydrogens is 284 g/mol. The zero-order valence-electron chi connectivity index (χ0n) is 11.4. The molecule has 0 aliphatic carbocycles. The van der Waals surface area contributed by atoms with E-state index in [-0.39, 0.29) is 28.0 Å². The zero-order valence-corrected chi connectivity index (χ0v) is 12.2. The lowest BCUT2D eigenvalue weighted by molar-refractivity contribution is 0.0691. The van der Waals surface area contributed by atoms with Crippen LogP contribution < -0.4 is 5.73 Å². The smallest absolute Gasteiger partial charge is 0.340 e. The van der Waals surface area contributed by atoms with Crippen LogP contribution in [0.1, 0.15) is 34.7 Å². The van der Waals surface area contributed by atoms with Gasteiger partial charge >= 0.3 is 5.97 Å². The molecule has 7 nitrogen and oxygen atoms in total.